The highest BCUT2D eigenvalue weighted by molar-refractivity contribution is 6.07. The number of rotatable bonds is 2. The SMILES string of the molecule is CC.CCN1C(C)C2=NCCC(OC)=C2C1C. The van der Waals surface area contributed by atoms with E-state index in [2.05, 4.69) is 30.7 Å². The number of hydrogen-bond acceptors (Lipinski definition) is 3. The van der Waals surface area contributed by atoms with E-state index in [9.17, 15) is 0 Å². The molecule has 17 heavy (non-hydrogen) atoms. The number of ether oxygens (including phenoxy) is 1. The van der Waals surface area contributed by atoms with Gasteiger partial charge < -0.3 is 4.74 Å². The summed E-state index contributed by atoms with van der Waals surface area (Å²) in [6.45, 7) is 12.7. The molecular weight excluding hydrogens is 212 g/mol. The maximum absolute atomic E-state index is 5.49. The number of aliphatic imine (C=N–C) groups is 1. The first kappa shape index (κ1) is 14.2. The number of methoxy groups -OCH3 is 1. The molecular formula is C14H26N2O. The van der Waals surface area contributed by atoms with Crippen molar-refractivity contribution in [2.24, 2.45) is 4.99 Å². The van der Waals surface area contributed by atoms with Crippen LogP contribution in [-0.4, -0.2) is 42.9 Å². The highest BCUT2D eigenvalue weighted by atomic mass is 16.5. The lowest BCUT2D eigenvalue weighted by atomic mass is 10.0. The Kier molecular flexibility index (Phi) is 5.19. The van der Waals surface area contributed by atoms with Crippen molar-refractivity contribution in [3.05, 3.63) is 11.3 Å². The predicted molar refractivity (Wildman–Crippen MR) is 73.6 cm³/mol. The highest BCUT2D eigenvalue weighted by Gasteiger charge is 2.39. The fraction of sp³-hybridized carbons (Fsp3) is 0.786. The molecule has 0 spiro atoms. The Labute approximate surface area is 106 Å². The van der Waals surface area contributed by atoms with Crippen molar-refractivity contribution in [1.82, 2.24) is 4.90 Å². The summed E-state index contributed by atoms with van der Waals surface area (Å²) in [5, 5.41) is 0. The van der Waals surface area contributed by atoms with Gasteiger partial charge in [0.05, 0.1) is 12.8 Å². The van der Waals surface area contributed by atoms with Crippen molar-refractivity contribution in [3.63, 3.8) is 0 Å². The number of nitrogens with zero attached hydrogens (tertiary/aromatic N) is 2. The van der Waals surface area contributed by atoms with Gasteiger partial charge in [0, 0.05) is 30.6 Å². The normalized spacial score (nSPS) is 28.2. The molecule has 0 aromatic carbocycles. The number of hydrogen-bond donors (Lipinski definition) is 0. The van der Waals surface area contributed by atoms with Crippen LogP contribution in [0.2, 0.25) is 0 Å². The van der Waals surface area contributed by atoms with Gasteiger partial charge >= 0.3 is 0 Å². The Morgan fingerprint density at radius 1 is 1.29 bits per heavy atom. The van der Waals surface area contributed by atoms with E-state index in [1.165, 1.54) is 11.3 Å². The summed E-state index contributed by atoms with van der Waals surface area (Å²) in [5.41, 5.74) is 2.60. The van der Waals surface area contributed by atoms with Crippen LogP contribution in [0.4, 0.5) is 0 Å². The summed E-state index contributed by atoms with van der Waals surface area (Å²) in [4.78, 5) is 7.13. The van der Waals surface area contributed by atoms with Crippen LogP contribution in [0.1, 0.15) is 41.0 Å². The van der Waals surface area contributed by atoms with Gasteiger partial charge in [-0.2, -0.15) is 0 Å². The zero-order chi connectivity index (χ0) is 13.0. The summed E-state index contributed by atoms with van der Waals surface area (Å²) in [5.74, 6) is 1.15. The maximum Gasteiger partial charge on any atom is 0.104 e. The van der Waals surface area contributed by atoms with Crippen LogP contribution in [0, 0.1) is 0 Å². The molecule has 0 aromatic rings. The molecule has 2 unspecified atom stereocenters. The van der Waals surface area contributed by atoms with Crippen LogP contribution in [-0.2, 0) is 4.74 Å². The van der Waals surface area contributed by atoms with Crippen LogP contribution in [0.25, 0.3) is 0 Å². The Bertz CT molecular complexity index is 320. The molecule has 0 radical (unpaired) electrons. The second-order valence-corrected chi connectivity index (χ2v) is 4.24. The molecule has 0 N–H and O–H groups in total. The molecule has 0 amide bonds. The molecule has 2 atom stereocenters. The van der Waals surface area contributed by atoms with Crippen molar-refractivity contribution in [2.75, 3.05) is 20.2 Å². The van der Waals surface area contributed by atoms with Crippen molar-refractivity contribution in [1.29, 1.82) is 0 Å². The third kappa shape index (κ3) is 2.39. The molecule has 0 aromatic heterocycles. The Morgan fingerprint density at radius 3 is 2.47 bits per heavy atom. The molecule has 3 heteroatoms. The van der Waals surface area contributed by atoms with E-state index in [1.807, 2.05) is 13.8 Å². The Hall–Kier alpha value is -0.830. The first-order chi connectivity index (χ1) is 8.20. The Morgan fingerprint density at radius 2 is 1.94 bits per heavy atom. The molecule has 2 aliphatic rings. The van der Waals surface area contributed by atoms with Crippen molar-refractivity contribution < 1.29 is 4.74 Å². The standard InChI is InChI=1S/C12H20N2O.C2H6/c1-5-14-8(2)11-10(15-4)6-7-13-12(11)9(14)3;1-2/h8-9H,5-7H2,1-4H3;1-2H3. The molecule has 1 saturated heterocycles. The summed E-state index contributed by atoms with van der Waals surface area (Å²) < 4.78 is 5.49. The lowest BCUT2D eigenvalue weighted by Gasteiger charge is -2.22. The van der Waals surface area contributed by atoms with E-state index in [4.69, 9.17) is 4.74 Å². The van der Waals surface area contributed by atoms with E-state index < -0.39 is 0 Å². The minimum absolute atomic E-state index is 0.449. The summed E-state index contributed by atoms with van der Waals surface area (Å²) in [6.07, 6.45) is 0.962. The predicted octanol–water partition coefficient (Wildman–Crippen LogP) is 2.87. The summed E-state index contributed by atoms with van der Waals surface area (Å²) in [7, 11) is 1.78. The molecule has 3 nitrogen and oxygen atoms in total. The largest absolute Gasteiger partial charge is 0.501 e. The van der Waals surface area contributed by atoms with E-state index in [-0.39, 0.29) is 0 Å². The fourth-order valence-corrected chi connectivity index (χ4v) is 2.86. The number of fused-ring (bicyclic) bond motifs is 1. The Balaban J connectivity index is 0.000000686. The molecule has 1 fully saturated rings. The average molecular weight is 238 g/mol. The van der Waals surface area contributed by atoms with Gasteiger partial charge in [-0.3, -0.25) is 9.89 Å². The third-order valence-electron chi connectivity index (χ3n) is 3.62. The van der Waals surface area contributed by atoms with E-state index in [0.29, 0.717) is 12.1 Å². The molecule has 2 aliphatic heterocycles. The molecule has 2 rings (SSSR count). The van der Waals surface area contributed by atoms with Crippen molar-refractivity contribution in [2.45, 2.75) is 53.1 Å². The van der Waals surface area contributed by atoms with Gasteiger partial charge in [0.25, 0.3) is 0 Å². The minimum Gasteiger partial charge on any atom is -0.501 e. The average Bonchev–Trinajstić information content (AvgIpc) is 2.64. The highest BCUT2D eigenvalue weighted by Crippen LogP contribution is 2.32. The van der Waals surface area contributed by atoms with Crippen LogP contribution in [0.15, 0.2) is 16.3 Å². The van der Waals surface area contributed by atoms with E-state index in [0.717, 1.165) is 25.3 Å². The molecule has 2 heterocycles. The van der Waals surface area contributed by atoms with Gasteiger partial charge in [0.15, 0.2) is 0 Å². The third-order valence-corrected chi connectivity index (χ3v) is 3.62. The van der Waals surface area contributed by atoms with Crippen LogP contribution < -0.4 is 0 Å². The molecule has 0 saturated carbocycles. The van der Waals surface area contributed by atoms with Gasteiger partial charge in [0.1, 0.15) is 5.76 Å². The van der Waals surface area contributed by atoms with Gasteiger partial charge in [-0.15, -0.1) is 0 Å². The first-order valence-electron chi connectivity index (χ1n) is 6.78. The maximum atomic E-state index is 5.49. The second-order valence-electron chi connectivity index (χ2n) is 4.24. The topological polar surface area (TPSA) is 24.8 Å². The quantitative estimate of drug-likeness (QED) is 0.739. The van der Waals surface area contributed by atoms with Crippen molar-refractivity contribution >= 4 is 5.71 Å². The van der Waals surface area contributed by atoms with Crippen LogP contribution >= 0.6 is 0 Å². The van der Waals surface area contributed by atoms with Crippen molar-refractivity contribution in [3.8, 4) is 0 Å². The summed E-state index contributed by atoms with van der Waals surface area (Å²) >= 11 is 0. The number of likely N-dealkylation sites (N-methyl/N-ethyl adjacent to an activating group) is 1. The molecule has 98 valence electrons. The minimum atomic E-state index is 0.449. The van der Waals surface area contributed by atoms with E-state index in [1.54, 1.807) is 7.11 Å². The monoisotopic (exact) mass is 238 g/mol. The van der Waals surface area contributed by atoms with Gasteiger partial charge in [-0.25, -0.2) is 0 Å². The smallest absolute Gasteiger partial charge is 0.104 e. The van der Waals surface area contributed by atoms with Crippen LogP contribution in [0.3, 0.4) is 0 Å². The van der Waals surface area contributed by atoms with Gasteiger partial charge in [-0.05, 0) is 20.4 Å². The van der Waals surface area contributed by atoms with Crippen LogP contribution in [0.5, 0.6) is 0 Å². The lowest BCUT2D eigenvalue weighted by Crippen LogP contribution is -2.34. The zero-order valence-electron chi connectivity index (χ0n) is 12.1. The second kappa shape index (κ2) is 6.20. The van der Waals surface area contributed by atoms with Gasteiger partial charge in [-0.1, -0.05) is 20.8 Å². The first-order valence-corrected chi connectivity index (χ1v) is 6.78. The zero-order valence-corrected chi connectivity index (χ0v) is 12.1. The van der Waals surface area contributed by atoms with E-state index >= 15 is 0 Å². The number of likely N-dealkylation sites (tertiary alicyclic amines) is 1. The number of dihydropyridines is 1. The van der Waals surface area contributed by atoms with Gasteiger partial charge in [0.2, 0.25) is 0 Å². The fourth-order valence-electron chi connectivity index (χ4n) is 2.86. The lowest BCUT2D eigenvalue weighted by molar-refractivity contribution is 0.239. The molecule has 0 aliphatic carbocycles. The summed E-state index contributed by atoms with van der Waals surface area (Å²) in [6, 6.07) is 0.907. The molecule has 0 bridgehead atoms.